The summed E-state index contributed by atoms with van der Waals surface area (Å²) in [6.07, 6.45) is 3.19. The second-order valence-corrected chi connectivity index (χ2v) is 14.2. The molecule has 12 heteroatoms. The van der Waals surface area contributed by atoms with Crippen LogP contribution in [0.3, 0.4) is 0 Å². The molecule has 11 nitrogen and oxygen atoms in total. The summed E-state index contributed by atoms with van der Waals surface area (Å²) in [6, 6.07) is 16.8. The molecule has 0 unspecified atom stereocenters. The van der Waals surface area contributed by atoms with Crippen LogP contribution < -0.4 is 24.6 Å². The normalized spacial score (nSPS) is 19.5. The minimum atomic E-state index is -0.271. The molecular weight excluding hydrogens is 674 g/mol. The van der Waals surface area contributed by atoms with E-state index >= 15 is 0 Å². The number of rotatable bonds is 10. The second-order valence-electron chi connectivity index (χ2n) is 14.2. The summed E-state index contributed by atoms with van der Waals surface area (Å²) in [6.45, 7) is 13.1. The molecule has 4 aromatic rings. The Morgan fingerprint density at radius 1 is 1.08 bits per heavy atom. The van der Waals surface area contributed by atoms with E-state index in [1.54, 1.807) is 20.5 Å². The molecule has 6 rings (SSSR count). The Hall–Kier alpha value is -3.73. The number of ether oxygens (including phenoxy) is 4. The smallest absolute Gasteiger partial charge is 0.328 e. The molecule has 1 N–H and O–H groups in total. The van der Waals surface area contributed by atoms with Crippen LogP contribution in [0.4, 0.5) is 16.2 Å². The van der Waals surface area contributed by atoms with Gasteiger partial charge in [0.25, 0.3) is 0 Å². The van der Waals surface area contributed by atoms with Gasteiger partial charge in [-0.05, 0) is 65.7 Å². The van der Waals surface area contributed by atoms with E-state index in [9.17, 15) is 4.79 Å². The first-order valence-corrected chi connectivity index (χ1v) is 16.5. The van der Waals surface area contributed by atoms with Crippen LogP contribution in [0.15, 0.2) is 48.8 Å². The van der Waals surface area contributed by atoms with Crippen molar-refractivity contribution < 1.29 is 43.2 Å². The van der Waals surface area contributed by atoms with Crippen LogP contribution in [-0.2, 0) is 42.1 Å². The first-order chi connectivity index (χ1) is 22.8. The third-order valence-electron chi connectivity index (χ3n) is 9.02. The molecule has 2 aromatic heterocycles. The van der Waals surface area contributed by atoms with Crippen molar-refractivity contribution >= 4 is 28.6 Å². The number of imidazole rings is 1. The van der Waals surface area contributed by atoms with Crippen molar-refractivity contribution in [2.75, 3.05) is 44.2 Å². The molecule has 2 aromatic carbocycles. The predicted molar refractivity (Wildman–Crippen MR) is 186 cm³/mol. The van der Waals surface area contributed by atoms with Crippen LogP contribution in [0.25, 0.3) is 11.2 Å². The molecule has 1 amide bonds. The van der Waals surface area contributed by atoms with Crippen molar-refractivity contribution in [1.82, 2.24) is 19.9 Å². The SMILES string of the molecule is COc1ccc(CN(C)c2cc(C)nc3c2ncn3C(=O)N[C@@H]2CC[C@H]2OCc2c[c-]cc(N3CC(C)(C)OC(C)(C)C3)c2)c(OC)c1.[Zn]. The summed E-state index contributed by atoms with van der Waals surface area (Å²) in [5.41, 5.74) is 5.48. The van der Waals surface area contributed by atoms with E-state index in [1.807, 2.05) is 50.4 Å². The standard InChI is InChI=1S/C37H47N6O5.Zn/c1-24-16-30(41(6)19-26-12-13-28(45-7)18-32(26)46-8)33-34(39-24)43(23-38-33)35(44)40-29-14-15-31(29)47-20-25-10-9-11-27(17-25)42-21-36(2,3)48-37(4,5)22-42;/h10-13,16-18,23,29,31H,14-15,19-22H2,1-8H3,(H,40,44);/q-1;/t29-,31-;/m1./s1. The van der Waals surface area contributed by atoms with E-state index in [4.69, 9.17) is 23.9 Å². The quantitative estimate of drug-likeness (QED) is 0.159. The van der Waals surface area contributed by atoms with Crippen molar-refractivity contribution in [3.8, 4) is 11.5 Å². The second kappa shape index (κ2) is 14.6. The zero-order valence-corrected chi connectivity index (χ0v) is 33.0. The van der Waals surface area contributed by atoms with E-state index in [0.717, 1.165) is 65.6 Å². The van der Waals surface area contributed by atoms with Crippen molar-refractivity contribution in [2.24, 2.45) is 0 Å². The minimum absolute atomic E-state index is 0. The Kier molecular flexibility index (Phi) is 10.9. The molecule has 1 aliphatic carbocycles. The maximum atomic E-state index is 13.5. The topological polar surface area (TPSA) is 103 Å². The molecule has 2 fully saturated rings. The van der Waals surface area contributed by atoms with Crippen LogP contribution in [0, 0.1) is 13.0 Å². The summed E-state index contributed by atoms with van der Waals surface area (Å²) < 4.78 is 25.0. The van der Waals surface area contributed by atoms with Gasteiger partial charge in [-0.25, -0.2) is 19.3 Å². The molecule has 2 atom stereocenters. The molecule has 0 bridgehead atoms. The van der Waals surface area contributed by atoms with E-state index < -0.39 is 0 Å². The Balaban J connectivity index is 0.00000468. The predicted octanol–water partition coefficient (Wildman–Crippen LogP) is 5.89. The van der Waals surface area contributed by atoms with Crippen molar-refractivity contribution in [3.63, 3.8) is 0 Å². The number of hydrogen-bond acceptors (Lipinski definition) is 9. The Labute approximate surface area is 302 Å². The molecule has 1 saturated heterocycles. The third-order valence-corrected chi connectivity index (χ3v) is 9.02. The largest absolute Gasteiger partial charge is 0.497 e. The first-order valence-electron chi connectivity index (χ1n) is 16.5. The number of nitrogens with zero attached hydrogens (tertiary/aromatic N) is 5. The van der Waals surface area contributed by atoms with Gasteiger partial charge in [-0.1, -0.05) is 5.69 Å². The molecular formula is C37H47N6O5Zn-. The average molecular weight is 721 g/mol. The fraction of sp³-hybridized carbons (Fsp3) is 0.486. The average Bonchev–Trinajstić information content (AvgIpc) is 3.45. The van der Waals surface area contributed by atoms with Gasteiger partial charge >= 0.3 is 6.03 Å². The molecule has 258 valence electrons. The van der Waals surface area contributed by atoms with Gasteiger partial charge in [-0.3, -0.25) is 0 Å². The van der Waals surface area contributed by atoms with Crippen molar-refractivity contribution in [1.29, 1.82) is 0 Å². The molecule has 3 heterocycles. The van der Waals surface area contributed by atoms with E-state index in [1.165, 1.54) is 4.57 Å². The molecule has 0 radical (unpaired) electrons. The fourth-order valence-corrected chi connectivity index (χ4v) is 6.87. The first kappa shape index (κ1) is 36.6. The third kappa shape index (κ3) is 8.19. The number of aromatic nitrogens is 3. The van der Waals surface area contributed by atoms with Gasteiger partial charge in [0.1, 0.15) is 23.3 Å². The Morgan fingerprint density at radius 3 is 2.51 bits per heavy atom. The van der Waals surface area contributed by atoms with Crippen LogP contribution >= 0.6 is 0 Å². The van der Waals surface area contributed by atoms with Gasteiger partial charge in [0.05, 0.1) is 43.3 Å². The van der Waals surface area contributed by atoms with Crippen LogP contribution in [-0.4, -0.2) is 78.3 Å². The summed E-state index contributed by atoms with van der Waals surface area (Å²) >= 11 is 0. The zero-order valence-electron chi connectivity index (χ0n) is 30.0. The number of hydrogen-bond donors (Lipinski definition) is 1. The number of carbonyl (C=O) groups is 1. The number of carbonyl (C=O) groups excluding carboxylic acids is 1. The van der Waals surface area contributed by atoms with Crippen molar-refractivity contribution in [3.05, 3.63) is 71.7 Å². The molecule has 1 saturated carbocycles. The number of amides is 1. The van der Waals surface area contributed by atoms with E-state index in [-0.39, 0.29) is 48.9 Å². The summed E-state index contributed by atoms with van der Waals surface area (Å²) in [7, 11) is 5.27. The van der Waals surface area contributed by atoms with Crippen LogP contribution in [0.5, 0.6) is 11.5 Å². The van der Waals surface area contributed by atoms with Crippen LogP contribution in [0.1, 0.15) is 57.4 Å². The molecule has 2 aliphatic rings. The van der Waals surface area contributed by atoms with E-state index in [0.29, 0.717) is 24.3 Å². The van der Waals surface area contributed by atoms with Gasteiger partial charge in [0.2, 0.25) is 0 Å². The number of aryl methyl sites for hydroxylation is 1. The van der Waals surface area contributed by atoms with Gasteiger partial charge in [-0.2, -0.15) is 18.2 Å². The number of fused-ring (bicyclic) bond motifs is 1. The van der Waals surface area contributed by atoms with E-state index in [2.05, 4.69) is 59.9 Å². The minimum Gasteiger partial charge on any atom is -0.497 e. The zero-order chi connectivity index (χ0) is 34.2. The van der Waals surface area contributed by atoms with Crippen molar-refractivity contribution in [2.45, 2.75) is 84.0 Å². The molecule has 49 heavy (non-hydrogen) atoms. The maximum absolute atomic E-state index is 13.5. The number of methoxy groups -OCH3 is 2. The number of pyridine rings is 1. The van der Waals surface area contributed by atoms with Gasteiger partial charge in [-0.15, -0.1) is 11.6 Å². The molecule has 1 aliphatic heterocycles. The molecule has 0 spiro atoms. The Bertz CT molecular complexity index is 1780. The van der Waals surface area contributed by atoms with Gasteiger partial charge in [0.15, 0.2) is 5.65 Å². The number of benzene rings is 2. The Morgan fingerprint density at radius 2 is 1.84 bits per heavy atom. The monoisotopic (exact) mass is 719 g/mol. The number of morpholine rings is 1. The van der Waals surface area contributed by atoms with Crippen LogP contribution in [0.2, 0.25) is 0 Å². The summed E-state index contributed by atoms with van der Waals surface area (Å²) in [5.74, 6) is 1.47. The number of nitrogens with one attached hydrogen (secondary N) is 1. The number of anilines is 2. The fourth-order valence-electron chi connectivity index (χ4n) is 6.87. The van der Waals surface area contributed by atoms with Gasteiger partial charge in [0, 0.05) is 70.1 Å². The summed E-state index contributed by atoms with van der Waals surface area (Å²) in [5, 5.41) is 3.16. The summed E-state index contributed by atoms with van der Waals surface area (Å²) in [4.78, 5) is 27.3. The maximum Gasteiger partial charge on any atom is 0.328 e. The van der Waals surface area contributed by atoms with Gasteiger partial charge < -0.3 is 34.1 Å².